The van der Waals surface area contributed by atoms with Gasteiger partial charge in [-0.3, -0.25) is 9.48 Å². The van der Waals surface area contributed by atoms with Crippen LogP contribution < -0.4 is 10.9 Å². The highest BCUT2D eigenvalue weighted by atomic mass is 35.5. The number of H-pyrrole nitrogens is 1. The Morgan fingerprint density at radius 2 is 2.04 bits per heavy atom. The molecular formula is C19H17ClN6O. The van der Waals surface area contributed by atoms with Crippen molar-refractivity contribution >= 4 is 28.5 Å². The molecule has 4 rings (SSSR count). The van der Waals surface area contributed by atoms with E-state index < -0.39 is 0 Å². The third kappa shape index (κ3) is 3.41. The van der Waals surface area contributed by atoms with E-state index in [0.29, 0.717) is 16.5 Å². The molecule has 1 aromatic carbocycles. The molecule has 0 radical (unpaired) electrons. The van der Waals surface area contributed by atoms with E-state index in [4.69, 9.17) is 11.6 Å². The molecule has 0 bridgehead atoms. The number of nitrogens with one attached hydrogen (secondary N) is 2. The molecule has 3 aromatic heterocycles. The van der Waals surface area contributed by atoms with Crippen molar-refractivity contribution in [2.75, 3.05) is 5.32 Å². The monoisotopic (exact) mass is 380 g/mol. The number of benzene rings is 1. The van der Waals surface area contributed by atoms with Crippen molar-refractivity contribution < 1.29 is 0 Å². The van der Waals surface area contributed by atoms with Crippen molar-refractivity contribution in [2.24, 2.45) is 7.05 Å². The molecule has 0 aliphatic heterocycles. The SMILES string of the molecule is C[C@H](Nc1nccc(-c2ccnn2C)n1)c1cc2cc(Cl)ccc2[nH]c1=O. The van der Waals surface area contributed by atoms with Gasteiger partial charge >= 0.3 is 0 Å². The summed E-state index contributed by atoms with van der Waals surface area (Å²) < 4.78 is 1.74. The number of aromatic amines is 1. The largest absolute Gasteiger partial charge is 0.347 e. The van der Waals surface area contributed by atoms with E-state index in [1.54, 1.807) is 29.2 Å². The van der Waals surface area contributed by atoms with Gasteiger partial charge in [-0.25, -0.2) is 9.97 Å². The van der Waals surface area contributed by atoms with Crippen LogP contribution in [0.3, 0.4) is 0 Å². The maximum Gasteiger partial charge on any atom is 0.253 e. The van der Waals surface area contributed by atoms with Crippen molar-refractivity contribution in [3.8, 4) is 11.4 Å². The summed E-state index contributed by atoms with van der Waals surface area (Å²) in [5.74, 6) is 0.437. The zero-order chi connectivity index (χ0) is 19.0. The molecule has 0 amide bonds. The highest BCUT2D eigenvalue weighted by Gasteiger charge is 2.14. The number of halogens is 1. The fraction of sp³-hybridized carbons (Fsp3) is 0.158. The van der Waals surface area contributed by atoms with E-state index >= 15 is 0 Å². The van der Waals surface area contributed by atoms with Crippen molar-refractivity contribution in [1.29, 1.82) is 0 Å². The summed E-state index contributed by atoms with van der Waals surface area (Å²) in [5.41, 5.74) is 2.80. The topological polar surface area (TPSA) is 88.5 Å². The van der Waals surface area contributed by atoms with Crippen LogP contribution in [0.15, 0.2) is 53.6 Å². The quantitative estimate of drug-likeness (QED) is 0.565. The minimum atomic E-state index is -0.293. The van der Waals surface area contributed by atoms with Crippen LogP contribution in [0.2, 0.25) is 5.02 Å². The molecular weight excluding hydrogens is 364 g/mol. The zero-order valence-corrected chi connectivity index (χ0v) is 15.5. The van der Waals surface area contributed by atoms with Crippen LogP contribution in [0.4, 0.5) is 5.95 Å². The molecule has 1 atom stereocenters. The Kier molecular flexibility index (Phi) is 4.37. The summed E-state index contributed by atoms with van der Waals surface area (Å²) in [6.45, 7) is 1.89. The molecule has 0 saturated heterocycles. The number of aromatic nitrogens is 5. The van der Waals surface area contributed by atoms with Crippen LogP contribution in [0.25, 0.3) is 22.3 Å². The van der Waals surface area contributed by atoms with Crippen molar-refractivity contribution in [2.45, 2.75) is 13.0 Å². The van der Waals surface area contributed by atoms with Crippen molar-refractivity contribution in [3.63, 3.8) is 0 Å². The Balaban J connectivity index is 1.65. The first kappa shape index (κ1) is 17.2. The Morgan fingerprint density at radius 3 is 2.81 bits per heavy atom. The minimum Gasteiger partial charge on any atom is -0.347 e. The van der Waals surface area contributed by atoms with Gasteiger partial charge < -0.3 is 10.3 Å². The average molecular weight is 381 g/mol. The molecule has 0 saturated carbocycles. The second-order valence-electron chi connectivity index (χ2n) is 6.26. The number of nitrogens with zero attached hydrogens (tertiary/aromatic N) is 4. The number of hydrogen-bond acceptors (Lipinski definition) is 5. The maximum atomic E-state index is 12.5. The normalized spacial score (nSPS) is 12.3. The summed E-state index contributed by atoms with van der Waals surface area (Å²) in [7, 11) is 1.85. The van der Waals surface area contributed by atoms with Gasteiger partial charge in [0.25, 0.3) is 5.56 Å². The van der Waals surface area contributed by atoms with E-state index in [9.17, 15) is 4.79 Å². The number of rotatable bonds is 4. The van der Waals surface area contributed by atoms with Crippen LogP contribution in [-0.2, 0) is 7.05 Å². The molecule has 0 unspecified atom stereocenters. The predicted molar refractivity (Wildman–Crippen MR) is 106 cm³/mol. The standard InChI is InChI=1S/C19H17ClN6O/c1-11(14-10-12-9-13(20)3-4-15(12)24-18(14)27)23-19-21-7-5-16(25-19)17-6-8-22-26(17)2/h3-11H,1-2H3,(H,24,27)(H,21,23,25)/t11-/m0/s1. The third-order valence-corrected chi connectivity index (χ3v) is 4.62. The van der Waals surface area contributed by atoms with Gasteiger partial charge in [-0.2, -0.15) is 5.10 Å². The molecule has 8 heteroatoms. The fourth-order valence-corrected chi connectivity index (χ4v) is 3.16. The second kappa shape index (κ2) is 6.85. The molecule has 3 heterocycles. The number of aryl methyl sites for hydroxylation is 1. The van der Waals surface area contributed by atoms with Crippen LogP contribution in [0.1, 0.15) is 18.5 Å². The van der Waals surface area contributed by atoms with Crippen LogP contribution in [-0.4, -0.2) is 24.7 Å². The van der Waals surface area contributed by atoms with Gasteiger partial charge in [0.15, 0.2) is 0 Å². The first-order chi connectivity index (χ1) is 13.0. The molecule has 2 N–H and O–H groups in total. The predicted octanol–water partition coefficient (Wildman–Crippen LogP) is 3.55. The lowest BCUT2D eigenvalue weighted by molar-refractivity contribution is 0.772. The smallest absolute Gasteiger partial charge is 0.253 e. The summed E-state index contributed by atoms with van der Waals surface area (Å²) >= 11 is 6.06. The molecule has 0 aliphatic rings. The van der Waals surface area contributed by atoms with Crippen LogP contribution in [0.5, 0.6) is 0 Å². The van der Waals surface area contributed by atoms with Crippen molar-refractivity contribution in [3.05, 3.63) is 69.7 Å². The lowest BCUT2D eigenvalue weighted by atomic mass is 10.1. The Bertz CT molecular complexity index is 1180. The van der Waals surface area contributed by atoms with E-state index in [1.165, 1.54) is 0 Å². The number of hydrogen-bond donors (Lipinski definition) is 2. The zero-order valence-electron chi connectivity index (χ0n) is 14.8. The lowest BCUT2D eigenvalue weighted by Gasteiger charge is -2.14. The highest BCUT2D eigenvalue weighted by Crippen LogP contribution is 2.22. The number of anilines is 1. The van der Waals surface area contributed by atoms with Crippen LogP contribution in [0, 0.1) is 0 Å². The van der Waals surface area contributed by atoms with E-state index in [2.05, 4.69) is 25.4 Å². The molecule has 7 nitrogen and oxygen atoms in total. The first-order valence-electron chi connectivity index (χ1n) is 8.42. The Hall–Kier alpha value is -3.19. The van der Waals surface area contributed by atoms with Crippen LogP contribution >= 0.6 is 11.6 Å². The fourth-order valence-electron chi connectivity index (χ4n) is 2.98. The molecule has 0 fully saturated rings. The van der Waals surface area contributed by atoms with Gasteiger partial charge in [-0.15, -0.1) is 0 Å². The first-order valence-corrected chi connectivity index (χ1v) is 8.79. The third-order valence-electron chi connectivity index (χ3n) is 4.39. The number of fused-ring (bicyclic) bond motifs is 1. The van der Waals surface area contributed by atoms with E-state index in [0.717, 1.165) is 22.3 Å². The second-order valence-corrected chi connectivity index (χ2v) is 6.69. The van der Waals surface area contributed by atoms with Crippen molar-refractivity contribution in [1.82, 2.24) is 24.7 Å². The lowest BCUT2D eigenvalue weighted by Crippen LogP contribution is -2.20. The van der Waals surface area contributed by atoms with E-state index in [-0.39, 0.29) is 11.6 Å². The van der Waals surface area contributed by atoms with Gasteiger partial charge in [0.1, 0.15) is 0 Å². The molecule has 27 heavy (non-hydrogen) atoms. The summed E-state index contributed by atoms with van der Waals surface area (Å²) in [6, 6.07) is 10.6. The summed E-state index contributed by atoms with van der Waals surface area (Å²) in [5, 5.41) is 8.84. The molecule has 4 aromatic rings. The Labute approximate surface area is 160 Å². The Morgan fingerprint density at radius 1 is 1.19 bits per heavy atom. The number of pyridine rings is 1. The maximum absolute atomic E-state index is 12.5. The van der Waals surface area contributed by atoms with E-state index in [1.807, 2.05) is 38.2 Å². The van der Waals surface area contributed by atoms with Gasteiger partial charge in [0.05, 0.1) is 17.4 Å². The average Bonchev–Trinajstić information content (AvgIpc) is 3.07. The van der Waals surface area contributed by atoms with Gasteiger partial charge in [-0.1, -0.05) is 11.6 Å². The molecule has 0 aliphatic carbocycles. The van der Waals surface area contributed by atoms with Gasteiger partial charge in [-0.05, 0) is 43.3 Å². The summed E-state index contributed by atoms with van der Waals surface area (Å²) in [4.78, 5) is 24.2. The van der Waals surface area contributed by atoms with Gasteiger partial charge in [0.2, 0.25) is 5.95 Å². The summed E-state index contributed by atoms with van der Waals surface area (Å²) in [6.07, 6.45) is 3.39. The molecule has 0 spiro atoms. The minimum absolute atomic E-state index is 0.160. The molecule has 136 valence electrons. The highest BCUT2D eigenvalue weighted by molar-refractivity contribution is 6.31. The van der Waals surface area contributed by atoms with Gasteiger partial charge in [0, 0.05) is 40.9 Å².